The summed E-state index contributed by atoms with van der Waals surface area (Å²) in [6.45, 7) is 4.58. The van der Waals surface area contributed by atoms with Crippen LogP contribution in [0.2, 0.25) is 0 Å². The molecule has 6 nitrogen and oxygen atoms in total. The van der Waals surface area contributed by atoms with Crippen molar-refractivity contribution < 1.29 is 9.53 Å². The predicted molar refractivity (Wildman–Crippen MR) is 122 cm³/mol. The fourth-order valence-electron chi connectivity index (χ4n) is 3.41. The predicted octanol–water partition coefficient (Wildman–Crippen LogP) is 4.48. The molecule has 0 spiro atoms. The number of ether oxygens (including phenoxy) is 1. The molecule has 0 aliphatic rings. The molecule has 0 saturated carbocycles. The average Bonchev–Trinajstić information content (AvgIpc) is 2.79. The largest absolute Gasteiger partial charge is 0.494 e. The van der Waals surface area contributed by atoms with E-state index in [-0.39, 0.29) is 18.0 Å². The lowest BCUT2D eigenvalue weighted by Crippen LogP contribution is -2.33. The van der Waals surface area contributed by atoms with E-state index in [1.807, 2.05) is 62.4 Å². The van der Waals surface area contributed by atoms with Gasteiger partial charge in [-0.25, -0.2) is 0 Å². The fourth-order valence-corrected chi connectivity index (χ4v) is 3.41. The van der Waals surface area contributed by atoms with Crippen molar-refractivity contribution in [1.82, 2.24) is 9.97 Å². The lowest BCUT2D eigenvalue weighted by Gasteiger charge is -2.23. The summed E-state index contributed by atoms with van der Waals surface area (Å²) in [5.41, 5.74) is 3.06. The smallest absolute Gasteiger partial charge is 0.277 e. The summed E-state index contributed by atoms with van der Waals surface area (Å²) in [6, 6.07) is 20.2. The number of hydrogen-bond donors (Lipinski definition) is 1. The van der Waals surface area contributed by atoms with Gasteiger partial charge in [-0.05, 0) is 62.4 Å². The summed E-state index contributed by atoms with van der Waals surface area (Å²) in [6.07, 6.45) is 1.58. The van der Waals surface area contributed by atoms with Gasteiger partial charge in [0.2, 0.25) is 0 Å². The number of carbonyl (C=O) groups excluding carboxylic acids is 1. The monoisotopic (exact) mass is 413 g/mol. The molecule has 4 aromatic rings. The standard InChI is InChI=1S/C25H23N3O3/c1-3-31-21-11-12-22-18(15-21)14-19(24(29)27-22)16-28(20-9-7-17(2)8-10-20)25(30)23-6-4-5-13-26-23/h4-15H,3,16H2,1-2H3,(H,27,29). The average molecular weight is 413 g/mol. The molecule has 1 amide bonds. The Labute approximate surface area is 180 Å². The van der Waals surface area contributed by atoms with Gasteiger partial charge >= 0.3 is 0 Å². The molecule has 0 aliphatic heterocycles. The summed E-state index contributed by atoms with van der Waals surface area (Å²) in [5, 5.41) is 0.842. The number of hydrogen-bond acceptors (Lipinski definition) is 4. The third-order valence-corrected chi connectivity index (χ3v) is 5.01. The quantitative estimate of drug-likeness (QED) is 0.506. The molecule has 2 aromatic heterocycles. The van der Waals surface area contributed by atoms with Crippen molar-refractivity contribution in [3.8, 4) is 5.75 Å². The summed E-state index contributed by atoms with van der Waals surface area (Å²) in [5.74, 6) is 0.458. The van der Waals surface area contributed by atoms with Gasteiger partial charge in [0.1, 0.15) is 11.4 Å². The molecule has 0 radical (unpaired) electrons. The molecule has 0 bridgehead atoms. The molecule has 156 valence electrons. The molecule has 0 aliphatic carbocycles. The van der Waals surface area contributed by atoms with Crippen molar-refractivity contribution in [1.29, 1.82) is 0 Å². The summed E-state index contributed by atoms with van der Waals surface area (Å²) in [4.78, 5) is 34.7. The van der Waals surface area contributed by atoms with Gasteiger partial charge in [0.15, 0.2) is 0 Å². The number of rotatable bonds is 6. The van der Waals surface area contributed by atoms with E-state index < -0.39 is 0 Å². The van der Waals surface area contributed by atoms with E-state index in [2.05, 4.69) is 9.97 Å². The van der Waals surface area contributed by atoms with Gasteiger partial charge in [0.25, 0.3) is 11.5 Å². The fraction of sp³-hybridized carbons (Fsp3) is 0.160. The number of fused-ring (bicyclic) bond motifs is 1. The molecule has 4 rings (SSSR count). The van der Waals surface area contributed by atoms with E-state index >= 15 is 0 Å². The van der Waals surface area contributed by atoms with Crippen LogP contribution < -0.4 is 15.2 Å². The second-order valence-electron chi connectivity index (χ2n) is 7.25. The van der Waals surface area contributed by atoms with Crippen LogP contribution in [0.1, 0.15) is 28.5 Å². The first-order chi connectivity index (χ1) is 15.0. The highest BCUT2D eigenvalue weighted by molar-refractivity contribution is 6.04. The maximum atomic E-state index is 13.3. The van der Waals surface area contributed by atoms with E-state index in [0.29, 0.717) is 23.6 Å². The molecular formula is C25H23N3O3. The molecule has 0 fully saturated rings. The number of pyridine rings is 2. The first kappa shape index (κ1) is 20.3. The van der Waals surface area contributed by atoms with Crippen molar-refractivity contribution in [2.75, 3.05) is 11.5 Å². The molecule has 2 heterocycles. The first-order valence-corrected chi connectivity index (χ1v) is 10.1. The van der Waals surface area contributed by atoms with Gasteiger partial charge < -0.3 is 14.6 Å². The lowest BCUT2D eigenvalue weighted by atomic mass is 10.1. The molecule has 2 aromatic carbocycles. The minimum absolute atomic E-state index is 0.114. The Hall–Kier alpha value is -3.93. The van der Waals surface area contributed by atoms with Crippen molar-refractivity contribution in [2.24, 2.45) is 0 Å². The Morgan fingerprint density at radius 2 is 1.87 bits per heavy atom. The van der Waals surface area contributed by atoms with E-state index in [1.54, 1.807) is 29.3 Å². The van der Waals surface area contributed by atoms with E-state index in [4.69, 9.17) is 4.74 Å². The number of carbonyl (C=O) groups is 1. The Morgan fingerprint density at radius 3 is 2.58 bits per heavy atom. The molecule has 0 atom stereocenters. The van der Waals surface area contributed by atoms with Crippen molar-refractivity contribution >= 4 is 22.5 Å². The highest BCUT2D eigenvalue weighted by Gasteiger charge is 2.20. The zero-order valence-electron chi connectivity index (χ0n) is 17.5. The Morgan fingerprint density at radius 1 is 1.06 bits per heavy atom. The van der Waals surface area contributed by atoms with Gasteiger partial charge in [-0.2, -0.15) is 0 Å². The van der Waals surface area contributed by atoms with Crippen molar-refractivity contribution in [3.63, 3.8) is 0 Å². The molecule has 0 unspecified atom stereocenters. The maximum Gasteiger partial charge on any atom is 0.277 e. The Kier molecular flexibility index (Phi) is 5.80. The number of anilines is 1. The Balaban J connectivity index is 1.76. The minimum Gasteiger partial charge on any atom is -0.494 e. The third kappa shape index (κ3) is 4.48. The van der Waals surface area contributed by atoms with Gasteiger partial charge in [-0.15, -0.1) is 0 Å². The molecule has 6 heteroatoms. The number of benzene rings is 2. The van der Waals surface area contributed by atoms with Crippen LogP contribution in [-0.4, -0.2) is 22.5 Å². The number of aromatic nitrogens is 2. The van der Waals surface area contributed by atoms with Crippen LogP contribution in [0.15, 0.2) is 77.7 Å². The summed E-state index contributed by atoms with van der Waals surface area (Å²) >= 11 is 0. The highest BCUT2D eigenvalue weighted by Crippen LogP contribution is 2.23. The summed E-state index contributed by atoms with van der Waals surface area (Å²) < 4.78 is 5.58. The second kappa shape index (κ2) is 8.83. The number of aromatic amines is 1. The van der Waals surface area contributed by atoms with Crippen LogP contribution in [-0.2, 0) is 6.54 Å². The van der Waals surface area contributed by atoms with Crippen LogP contribution in [0, 0.1) is 6.92 Å². The number of amides is 1. The first-order valence-electron chi connectivity index (χ1n) is 10.1. The number of nitrogens with one attached hydrogen (secondary N) is 1. The zero-order chi connectivity index (χ0) is 21.8. The van der Waals surface area contributed by atoms with Gasteiger partial charge in [-0.3, -0.25) is 14.6 Å². The number of H-pyrrole nitrogens is 1. The molecule has 31 heavy (non-hydrogen) atoms. The van der Waals surface area contributed by atoms with Crippen LogP contribution in [0.3, 0.4) is 0 Å². The van der Waals surface area contributed by atoms with E-state index in [9.17, 15) is 9.59 Å². The zero-order valence-corrected chi connectivity index (χ0v) is 17.5. The van der Waals surface area contributed by atoms with E-state index in [1.165, 1.54) is 0 Å². The highest BCUT2D eigenvalue weighted by atomic mass is 16.5. The van der Waals surface area contributed by atoms with Crippen LogP contribution in [0.25, 0.3) is 10.9 Å². The normalized spacial score (nSPS) is 10.8. The SMILES string of the molecule is CCOc1ccc2[nH]c(=O)c(CN(C(=O)c3ccccn3)c3ccc(C)cc3)cc2c1. The molecule has 0 saturated heterocycles. The third-order valence-electron chi connectivity index (χ3n) is 5.01. The van der Waals surface area contributed by atoms with Crippen molar-refractivity contribution in [2.45, 2.75) is 20.4 Å². The second-order valence-corrected chi connectivity index (χ2v) is 7.25. The van der Waals surface area contributed by atoms with Crippen LogP contribution >= 0.6 is 0 Å². The van der Waals surface area contributed by atoms with Gasteiger partial charge in [0, 0.05) is 28.4 Å². The van der Waals surface area contributed by atoms with Gasteiger partial charge in [-0.1, -0.05) is 23.8 Å². The minimum atomic E-state index is -0.271. The Bertz CT molecular complexity index is 1260. The van der Waals surface area contributed by atoms with Crippen LogP contribution in [0.4, 0.5) is 5.69 Å². The topological polar surface area (TPSA) is 75.3 Å². The molecular weight excluding hydrogens is 390 g/mol. The summed E-state index contributed by atoms with van der Waals surface area (Å²) in [7, 11) is 0. The number of nitrogens with zero attached hydrogens (tertiary/aromatic N) is 2. The van der Waals surface area contributed by atoms with Crippen molar-refractivity contribution in [3.05, 3.63) is 100 Å². The van der Waals surface area contributed by atoms with Gasteiger partial charge in [0.05, 0.1) is 13.2 Å². The number of aryl methyl sites for hydroxylation is 1. The lowest BCUT2D eigenvalue weighted by molar-refractivity contribution is 0.0980. The van der Waals surface area contributed by atoms with Crippen LogP contribution in [0.5, 0.6) is 5.75 Å². The van der Waals surface area contributed by atoms with E-state index in [0.717, 1.165) is 22.2 Å². The maximum absolute atomic E-state index is 13.3. The molecule has 1 N–H and O–H groups in total.